The molecule has 2 amide bonds. The van der Waals surface area contributed by atoms with Gasteiger partial charge >= 0.3 is 0 Å². The molecule has 2 N–H and O–H groups in total. The Morgan fingerprint density at radius 2 is 1.96 bits per heavy atom. The number of nitrogens with one attached hydrogen (secondary N) is 2. The summed E-state index contributed by atoms with van der Waals surface area (Å²) in [5.74, 6) is 0.819. The molecule has 1 saturated heterocycles. The molecule has 1 aliphatic carbocycles. The minimum absolute atomic E-state index is 0.0800. The molecule has 3 rings (SSSR count). The zero-order valence-electron chi connectivity index (χ0n) is 13.8. The molecular weight excluding hydrogens is 290 g/mol. The van der Waals surface area contributed by atoms with Crippen LogP contribution in [0.15, 0.2) is 24.3 Å². The zero-order valence-corrected chi connectivity index (χ0v) is 13.8. The molecule has 5 nitrogen and oxygen atoms in total. The van der Waals surface area contributed by atoms with Gasteiger partial charge in [-0.2, -0.15) is 0 Å². The number of likely N-dealkylation sites (tertiary alicyclic amines) is 1. The normalized spacial score (nSPS) is 26.2. The van der Waals surface area contributed by atoms with Crippen molar-refractivity contribution in [2.75, 3.05) is 25.5 Å². The van der Waals surface area contributed by atoms with Gasteiger partial charge in [-0.05, 0) is 56.5 Å². The molecule has 0 bridgehead atoms. The molecule has 3 unspecified atom stereocenters. The Hall–Kier alpha value is -1.88. The van der Waals surface area contributed by atoms with Gasteiger partial charge < -0.3 is 15.5 Å². The number of benzene rings is 1. The standard InChI is InChI=1S/C18H25N3O2/c1-12-10-16(12)17(22)20-14-7-5-13(6-8-14)18(23)21-9-3-4-15(21)11-19-2/h5-8,12,15-16,19H,3-4,9-11H2,1-2H3,(H,20,22). The molecule has 1 aliphatic heterocycles. The average Bonchev–Trinajstić information content (AvgIpc) is 3.10. The van der Waals surface area contributed by atoms with Crippen molar-refractivity contribution in [2.45, 2.75) is 32.2 Å². The molecule has 2 fully saturated rings. The van der Waals surface area contributed by atoms with Crippen LogP contribution in [0.2, 0.25) is 0 Å². The van der Waals surface area contributed by atoms with Gasteiger partial charge in [0.25, 0.3) is 5.91 Å². The topological polar surface area (TPSA) is 61.4 Å². The molecule has 1 aromatic rings. The molecule has 0 aromatic heterocycles. The monoisotopic (exact) mass is 315 g/mol. The van der Waals surface area contributed by atoms with E-state index in [4.69, 9.17) is 0 Å². The van der Waals surface area contributed by atoms with Gasteiger partial charge in [0.2, 0.25) is 5.91 Å². The van der Waals surface area contributed by atoms with Gasteiger partial charge in [-0.15, -0.1) is 0 Å². The van der Waals surface area contributed by atoms with E-state index >= 15 is 0 Å². The van der Waals surface area contributed by atoms with Gasteiger partial charge in [0.1, 0.15) is 0 Å². The van der Waals surface area contributed by atoms with E-state index in [9.17, 15) is 9.59 Å². The second-order valence-electron chi connectivity index (χ2n) is 6.74. The third-order valence-corrected chi connectivity index (χ3v) is 4.92. The highest BCUT2D eigenvalue weighted by Crippen LogP contribution is 2.38. The van der Waals surface area contributed by atoms with Gasteiger partial charge in [-0.3, -0.25) is 9.59 Å². The summed E-state index contributed by atoms with van der Waals surface area (Å²) in [5.41, 5.74) is 1.45. The summed E-state index contributed by atoms with van der Waals surface area (Å²) in [7, 11) is 1.92. The maximum atomic E-state index is 12.6. The molecule has 3 atom stereocenters. The lowest BCUT2D eigenvalue weighted by atomic mass is 10.1. The maximum Gasteiger partial charge on any atom is 0.254 e. The third kappa shape index (κ3) is 3.55. The van der Waals surface area contributed by atoms with Crippen LogP contribution in [0.5, 0.6) is 0 Å². The number of amides is 2. The van der Waals surface area contributed by atoms with E-state index in [1.54, 1.807) is 0 Å². The summed E-state index contributed by atoms with van der Waals surface area (Å²) in [4.78, 5) is 26.5. The van der Waals surface area contributed by atoms with Crippen LogP contribution < -0.4 is 10.6 Å². The number of carbonyl (C=O) groups is 2. The van der Waals surface area contributed by atoms with Crippen LogP contribution in [-0.4, -0.2) is 42.9 Å². The van der Waals surface area contributed by atoms with Gasteiger partial charge in [-0.1, -0.05) is 6.92 Å². The molecular formula is C18H25N3O2. The summed E-state index contributed by atoms with van der Waals surface area (Å²) in [6.07, 6.45) is 3.09. The molecule has 0 spiro atoms. The smallest absolute Gasteiger partial charge is 0.254 e. The third-order valence-electron chi connectivity index (χ3n) is 4.92. The fourth-order valence-corrected chi connectivity index (χ4v) is 3.34. The molecule has 1 heterocycles. The number of nitrogens with zero attached hydrogens (tertiary/aromatic N) is 1. The SMILES string of the molecule is CNCC1CCCN1C(=O)c1ccc(NC(=O)C2CC2C)cc1. The van der Waals surface area contributed by atoms with E-state index in [-0.39, 0.29) is 23.8 Å². The Morgan fingerprint density at radius 1 is 1.26 bits per heavy atom. The second kappa shape index (κ2) is 6.71. The summed E-state index contributed by atoms with van der Waals surface area (Å²) in [6, 6.07) is 7.54. The summed E-state index contributed by atoms with van der Waals surface area (Å²) < 4.78 is 0. The van der Waals surface area contributed by atoms with Crippen LogP contribution >= 0.6 is 0 Å². The number of rotatable bonds is 5. The minimum Gasteiger partial charge on any atom is -0.334 e. The summed E-state index contributed by atoms with van der Waals surface area (Å²) >= 11 is 0. The van der Waals surface area contributed by atoms with Crippen molar-refractivity contribution < 1.29 is 9.59 Å². The first-order valence-electron chi connectivity index (χ1n) is 8.46. The lowest BCUT2D eigenvalue weighted by Crippen LogP contribution is -2.40. The first kappa shape index (κ1) is 16.0. The van der Waals surface area contributed by atoms with Gasteiger partial charge in [0.05, 0.1) is 0 Å². The number of anilines is 1. The Labute approximate surface area is 137 Å². The van der Waals surface area contributed by atoms with Crippen molar-refractivity contribution in [3.63, 3.8) is 0 Å². The van der Waals surface area contributed by atoms with Gasteiger partial charge in [-0.25, -0.2) is 0 Å². The van der Waals surface area contributed by atoms with Crippen LogP contribution in [0, 0.1) is 11.8 Å². The van der Waals surface area contributed by atoms with Crippen LogP contribution in [0.1, 0.15) is 36.5 Å². The van der Waals surface area contributed by atoms with Crippen molar-refractivity contribution in [3.05, 3.63) is 29.8 Å². The van der Waals surface area contributed by atoms with Crippen LogP contribution in [-0.2, 0) is 4.79 Å². The van der Waals surface area contributed by atoms with Gasteiger partial charge in [0.15, 0.2) is 0 Å². The second-order valence-corrected chi connectivity index (χ2v) is 6.74. The lowest BCUT2D eigenvalue weighted by Gasteiger charge is -2.24. The van der Waals surface area contributed by atoms with Crippen molar-refractivity contribution in [3.8, 4) is 0 Å². The van der Waals surface area contributed by atoms with Gasteiger partial charge in [0, 0.05) is 36.3 Å². The fourth-order valence-electron chi connectivity index (χ4n) is 3.34. The predicted octanol–water partition coefficient (Wildman–Crippen LogP) is 2.11. The van der Waals surface area contributed by atoms with E-state index in [0.29, 0.717) is 11.5 Å². The predicted molar refractivity (Wildman–Crippen MR) is 90.3 cm³/mol. The molecule has 0 radical (unpaired) electrons. The number of carbonyl (C=O) groups excluding carboxylic acids is 2. The van der Waals surface area contributed by atoms with Crippen LogP contribution in [0.25, 0.3) is 0 Å². The summed E-state index contributed by atoms with van der Waals surface area (Å²) in [5, 5.41) is 6.08. The molecule has 124 valence electrons. The molecule has 1 saturated carbocycles. The largest absolute Gasteiger partial charge is 0.334 e. The number of likely N-dealkylation sites (N-methyl/N-ethyl adjacent to an activating group) is 1. The maximum absolute atomic E-state index is 12.6. The summed E-state index contributed by atoms with van der Waals surface area (Å²) in [6.45, 7) is 3.74. The lowest BCUT2D eigenvalue weighted by molar-refractivity contribution is -0.117. The van der Waals surface area contributed by atoms with Crippen molar-refractivity contribution in [2.24, 2.45) is 11.8 Å². The van der Waals surface area contributed by atoms with E-state index in [1.165, 1.54) is 0 Å². The van der Waals surface area contributed by atoms with Crippen LogP contribution in [0.3, 0.4) is 0 Å². The van der Waals surface area contributed by atoms with E-state index < -0.39 is 0 Å². The quantitative estimate of drug-likeness (QED) is 0.875. The van der Waals surface area contributed by atoms with E-state index in [2.05, 4.69) is 17.6 Å². The highest BCUT2D eigenvalue weighted by molar-refractivity contribution is 5.97. The number of hydrogen-bond acceptors (Lipinski definition) is 3. The van der Waals surface area contributed by atoms with Crippen molar-refractivity contribution >= 4 is 17.5 Å². The minimum atomic E-state index is 0.0800. The fraction of sp³-hybridized carbons (Fsp3) is 0.556. The Kier molecular flexibility index (Phi) is 4.66. The highest BCUT2D eigenvalue weighted by atomic mass is 16.2. The molecule has 2 aliphatic rings. The Bertz CT molecular complexity index is 584. The first-order chi connectivity index (χ1) is 11.1. The first-order valence-corrected chi connectivity index (χ1v) is 8.46. The average molecular weight is 315 g/mol. The molecule has 23 heavy (non-hydrogen) atoms. The van der Waals surface area contributed by atoms with E-state index in [1.807, 2.05) is 36.2 Å². The molecule has 5 heteroatoms. The van der Waals surface area contributed by atoms with Crippen molar-refractivity contribution in [1.29, 1.82) is 0 Å². The van der Waals surface area contributed by atoms with E-state index in [0.717, 1.165) is 38.0 Å². The van der Waals surface area contributed by atoms with Crippen molar-refractivity contribution in [1.82, 2.24) is 10.2 Å². The zero-order chi connectivity index (χ0) is 16.4. The number of hydrogen-bond donors (Lipinski definition) is 2. The van der Waals surface area contributed by atoms with Crippen LogP contribution in [0.4, 0.5) is 5.69 Å². The Morgan fingerprint density at radius 3 is 2.57 bits per heavy atom. The Balaban J connectivity index is 1.62. The highest BCUT2D eigenvalue weighted by Gasteiger charge is 2.39. The molecule has 1 aromatic carbocycles.